The number of urea groups is 1. The normalized spacial score (nSPS) is 21.7. The average molecular weight is 302 g/mol. The smallest absolute Gasteiger partial charge is 0.315 e. The number of carbonyl (C=O) groups is 1. The number of amides is 2. The summed E-state index contributed by atoms with van der Waals surface area (Å²) < 4.78 is 2.01. The maximum absolute atomic E-state index is 11.9. The van der Waals surface area contributed by atoms with E-state index in [-0.39, 0.29) is 18.2 Å². The van der Waals surface area contributed by atoms with Gasteiger partial charge >= 0.3 is 6.03 Å². The van der Waals surface area contributed by atoms with E-state index in [2.05, 4.69) is 15.6 Å². The van der Waals surface area contributed by atoms with Crippen LogP contribution < -0.4 is 10.6 Å². The summed E-state index contributed by atoms with van der Waals surface area (Å²) in [5.74, 6) is 0. The number of carbonyl (C=O) groups excluding carboxylic acids is 1. The van der Waals surface area contributed by atoms with E-state index in [1.807, 2.05) is 35.7 Å². The highest BCUT2D eigenvalue weighted by atomic mass is 16.3. The molecule has 0 atom stereocenters. The third kappa shape index (κ3) is 3.39. The van der Waals surface area contributed by atoms with Gasteiger partial charge in [0.15, 0.2) is 0 Å². The molecule has 2 aromatic heterocycles. The van der Waals surface area contributed by atoms with Crippen molar-refractivity contribution in [2.45, 2.75) is 51.3 Å². The number of aryl methyl sites for hydroxylation is 1. The minimum absolute atomic E-state index is 0.159. The summed E-state index contributed by atoms with van der Waals surface area (Å²) in [7, 11) is 0. The lowest BCUT2D eigenvalue weighted by Gasteiger charge is -2.26. The molecular formula is C16H22N4O2. The second-order valence-electron chi connectivity index (χ2n) is 5.96. The molecule has 118 valence electrons. The van der Waals surface area contributed by atoms with E-state index in [1.165, 1.54) is 0 Å². The number of nitrogens with zero attached hydrogens (tertiary/aromatic N) is 2. The molecule has 6 heteroatoms. The molecule has 1 fully saturated rings. The van der Waals surface area contributed by atoms with Crippen molar-refractivity contribution in [2.75, 3.05) is 0 Å². The van der Waals surface area contributed by atoms with Crippen molar-refractivity contribution in [1.82, 2.24) is 20.0 Å². The summed E-state index contributed by atoms with van der Waals surface area (Å²) >= 11 is 0. The molecule has 1 aliphatic rings. The van der Waals surface area contributed by atoms with Crippen LogP contribution in [-0.4, -0.2) is 32.7 Å². The first-order valence-electron chi connectivity index (χ1n) is 7.78. The van der Waals surface area contributed by atoms with Crippen LogP contribution in [0.5, 0.6) is 0 Å². The van der Waals surface area contributed by atoms with Crippen LogP contribution in [-0.2, 0) is 6.54 Å². The van der Waals surface area contributed by atoms with Crippen LogP contribution in [0.1, 0.15) is 37.1 Å². The van der Waals surface area contributed by atoms with E-state index in [0.717, 1.165) is 42.7 Å². The van der Waals surface area contributed by atoms with Crippen molar-refractivity contribution in [2.24, 2.45) is 0 Å². The molecule has 0 radical (unpaired) electrons. The van der Waals surface area contributed by atoms with Gasteiger partial charge in [0, 0.05) is 17.9 Å². The number of aliphatic hydroxyl groups is 1. The molecule has 0 saturated heterocycles. The Kier molecular flexibility index (Phi) is 4.29. The molecule has 0 aromatic carbocycles. The van der Waals surface area contributed by atoms with Crippen molar-refractivity contribution in [3.8, 4) is 0 Å². The molecule has 2 heterocycles. The highest BCUT2D eigenvalue weighted by Gasteiger charge is 2.20. The van der Waals surface area contributed by atoms with Gasteiger partial charge in [-0.15, -0.1) is 0 Å². The Bertz CT molecular complexity index is 659. The molecule has 0 aliphatic heterocycles. The fourth-order valence-corrected chi connectivity index (χ4v) is 2.91. The van der Waals surface area contributed by atoms with E-state index in [1.54, 1.807) is 0 Å². The lowest BCUT2D eigenvalue weighted by Crippen LogP contribution is -2.43. The molecule has 3 rings (SSSR count). The van der Waals surface area contributed by atoms with E-state index >= 15 is 0 Å². The van der Waals surface area contributed by atoms with Crippen LogP contribution in [0.15, 0.2) is 24.4 Å². The number of hydrogen-bond donors (Lipinski definition) is 3. The topological polar surface area (TPSA) is 78.7 Å². The van der Waals surface area contributed by atoms with Crippen LogP contribution in [0, 0.1) is 6.92 Å². The Morgan fingerprint density at radius 1 is 1.36 bits per heavy atom. The van der Waals surface area contributed by atoms with Crippen molar-refractivity contribution in [3.63, 3.8) is 0 Å². The third-order valence-electron chi connectivity index (χ3n) is 4.21. The van der Waals surface area contributed by atoms with Crippen LogP contribution in [0.25, 0.3) is 5.65 Å². The largest absolute Gasteiger partial charge is 0.393 e. The zero-order valence-electron chi connectivity index (χ0n) is 12.7. The number of fused-ring (bicyclic) bond motifs is 1. The number of rotatable bonds is 3. The lowest BCUT2D eigenvalue weighted by molar-refractivity contribution is 0.117. The van der Waals surface area contributed by atoms with Gasteiger partial charge in [0.1, 0.15) is 5.65 Å². The summed E-state index contributed by atoms with van der Waals surface area (Å²) in [5.41, 5.74) is 2.84. The van der Waals surface area contributed by atoms with Gasteiger partial charge in [-0.2, -0.15) is 0 Å². The molecule has 0 spiro atoms. The second-order valence-corrected chi connectivity index (χ2v) is 5.96. The Morgan fingerprint density at radius 2 is 2.14 bits per heavy atom. The number of nitrogens with one attached hydrogen (secondary N) is 2. The molecule has 2 amide bonds. The third-order valence-corrected chi connectivity index (χ3v) is 4.21. The Balaban J connectivity index is 1.52. The number of aromatic nitrogens is 2. The molecular weight excluding hydrogens is 280 g/mol. The minimum atomic E-state index is -0.206. The van der Waals surface area contributed by atoms with Gasteiger partial charge in [-0.25, -0.2) is 9.78 Å². The maximum Gasteiger partial charge on any atom is 0.315 e. The number of pyridine rings is 1. The van der Waals surface area contributed by atoms with E-state index in [9.17, 15) is 9.90 Å². The van der Waals surface area contributed by atoms with Crippen LogP contribution >= 0.6 is 0 Å². The van der Waals surface area contributed by atoms with Crippen molar-refractivity contribution in [1.29, 1.82) is 0 Å². The van der Waals surface area contributed by atoms with Crippen molar-refractivity contribution < 1.29 is 9.90 Å². The molecule has 1 saturated carbocycles. The van der Waals surface area contributed by atoms with Gasteiger partial charge in [0.05, 0.1) is 18.3 Å². The highest BCUT2D eigenvalue weighted by molar-refractivity contribution is 5.74. The quantitative estimate of drug-likeness (QED) is 0.808. The first kappa shape index (κ1) is 14.8. The molecule has 22 heavy (non-hydrogen) atoms. The fourth-order valence-electron chi connectivity index (χ4n) is 2.91. The van der Waals surface area contributed by atoms with Crippen LogP contribution in [0.2, 0.25) is 0 Å². The standard InChI is InChI=1S/C16H22N4O2/c1-11-3-2-4-15-18-13(10-20(11)15)9-17-16(22)19-12-5-7-14(21)8-6-12/h2-4,10,12,14,21H,5-9H2,1H3,(H2,17,19,22). The molecule has 1 aliphatic carbocycles. The minimum Gasteiger partial charge on any atom is -0.393 e. The van der Waals surface area contributed by atoms with E-state index in [4.69, 9.17) is 0 Å². The lowest BCUT2D eigenvalue weighted by atomic mass is 9.93. The van der Waals surface area contributed by atoms with Gasteiger partial charge in [-0.1, -0.05) is 6.07 Å². The molecule has 3 N–H and O–H groups in total. The molecule has 0 unspecified atom stereocenters. The van der Waals surface area contributed by atoms with E-state index < -0.39 is 0 Å². The summed E-state index contributed by atoms with van der Waals surface area (Å²) in [4.78, 5) is 16.4. The van der Waals surface area contributed by atoms with Crippen LogP contribution in [0.4, 0.5) is 4.79 Å². The van der Waals surface area contributed by atoms with Gasteiger partial charge < -0.3 is 20.1 Å². The zero-order chi connectivity index (χ0) is 15.5. The van der Waals surface area contributed by atoms with Gasteiger partial charge in [0.2, 0.25) is 0 Å². The molecule has 2 aromatic rings. The Morgan fingerprint density at radius 3 is 2.86 bits per heavy atom. The SMILES string of the molecule is Cc1cccc2nc(CNC(=O)NC3CCC(O)CC3)cn12. The van der Waals surface area contributed by atoms with Gasteiger partial charge in [-0.3, -0.25) is 0 Å². The van der Waals surface area contributed by atoms with Crippen molar-refractivity contribution in [3.05, 3.63) is 35.8 Å². The van der Waals surface area contributed by atoms with Crippen molar-refractivity contribution >= 4 is 11.7 Å². The fraction of sp³-hybridized carbons (Fsp3) is 0.500. The Hall–Kier alpha value is -2.08. The Labute approximate surface area is 129 Å². The first-order valence-corrected chi connectivity index (χ1v) is 7.78. The first-order chi connectivity index (χ1) is 10.6. The van der Waals surface area contributed by atoms with Gasteiger partial charge in [0.25, 0.3) is 0 Å². The van der Waals surface area contributed by atoms with Gasteiger partial charge in [-0.05, 0) is 44.7 Å². The molecule has 0 bridgehead atoms. The number of imidazole rings is 1. The monoisotopic (exact) mass is 302 g/mol. The van der Waals surface area contributed by atoms with Crippen LogP contribution in [0.3, 0.4) is 0 Å². The number of hydrogen-bond acceptors (Lipinski definition) is 3. The van der Waals surface area contributed by atoms with E-state index in [0.29, 0.717) is 6.54 Å². The number of aliphatic hydroxyl groups excluding tert-OH is 1. The maximum atomic E-state index is 11.9. The predicted molar refractivity (Wildman–Crippen MR) is 83.6 cm³/mol. The summed E-state index contributed by atoms with van der Waals surface area (Å²) in [6, 6.07) is 5.93. The zero-order valence-corrected chi connectivity index (χ0v) is 12.7. The predicted octanol–water partition coefficient (Wildman–Crippen LogP) is 1.75. The summed E-state index contributed by atoms with van der Waals surface area (Å²) in [6.07, 6.45) is 4.93. The molecule has 6 nitrogen and oxygen atoms in total. The highest BCUT2D eigenvalue weighted by Crippen LogP contribution is 2.18. The second kappa shape index (κ2) is 6.36. The summed E-state index contributed by atoms with van der Waals surface area (Å²) in [6.45, 7) is 2.43. The average Bonchev–Trinajstić information content (AvgIpc) is 2.92. The summed E-state index contributed by atoms with van der Waals surface area (Å²) in [5, 5.41) is 15.3.